The van der Waals surface area contributed by atoms with Crippen molar-refractivity contribution in [2.45, 2.75) is 219 Å². The van der Waals surface area contributed by atoms with E-state index < -0.39 is 6.10 Å². The van der Waals surface area contributed by atoms with Crippen molar-refractivity contribution < 1.29 is 23.8 Å². The van der Waals surface area contributed by atoms with Crippen molar-refractivity contribution in [2.75, 3.05) is 19.8 Å². The average molecular weight is 729 g/mol. The van der Waals surface area contributed by atoms with E-state index in [0.29, 0.717) is 19.4 Å². The van der Waals surface area contributed by atoms with Gasteiger partial charge in [0.1, 0.15) is 6.61 Å². The van der Waals surface area contributed by atoms with Gasteiger partial charge in [-0.15, -0.1) is 0 Å². The van der Waals surface area contributed by atoms with Crippen molar-refractivity contribution in [1.29, 1.82) is 0 Å². The molecule has 0 fully saturated rings. The second-order valence-electron chi connectivity index (χ2n) is 14.6. The highest BCUT2D eigenvalue weighted by molar-refractivity contribution is 5.70. The van der Waals surface area contributed by atoms with Crippen molar-refractivity contribution >= 4 is 11.9 Å². The summed E-state index contributed by atoms with van der Waals surface area (Å²) in [6.45, 7) is 7.67. The molecule has 0 aromatic carbocycles. The zero-order chi connectivity index (χ0) is 37.8. The van der Waals surface area contributed by atoms with E-state index >= 15 is 0 Å². The van der Waals surface area contributed by atoms with Gasteiger partial charge in [-0.3, -0.25) is 9.59 Å². The highest BCUT2D eigenvalue weighted by Crippen LogP contribution is 2.12. The Morgan fingerprint density at radius 1 is 0.423 bits per heavy atom. The number of allylic oxidation sites excluding steroid dienone is 8. The van der Waals surface area contributed by atoms with Crippen molar-refractivity contribution in [3.05, 3.63) is 48.6 Å². The van der Waals surface area contributed by atoms with Gasteiger partial charge in [0.2, 0.25) is 0 Å². The summed E-state index contributed by atoms with van der Waals surface area (Å²) in [6.07, 6.45) is 51.3. The van der Waals surface area contributed by atoms with E-state index in [1.807, 2.05) is 0 Å². The highest BCUT2D eigenvalue weighted by atomic mass is 16.6. The molecule has 52 heavy (non-hydrogen) atoms. The van der Waals surface area contributed by atoms with Crippen molar-refractivity contribution in [1.82, 2.24) is 0 Å². The van der Waals surface area contributed by atoms with Gasteiger partial charge < -0.3 is 14.2 Å². The number of unbranched alkanes of at least 4 members (excludes halogenated alkanes) is 21. The van der Waals surface area contributed by atoms with Crippen LogP contribution in [0.25, 0.3) is 0 Å². The molecule has 0 amide bonds. The van der Waals surface area contributed by atoms with Crippen LogP contribution in [-0.4, -0.2) is 37.9 Å². The third-order valence-electron chi connectivity index (χ3n) is 9.34. The first-order valence-corrected chi connectivity index (χ1v) is 22.2. The smallest absolute Gasteiger partial charge is 0.306 e. The molecule has 0 radical (unpaired) electrons. The first kappa shape index (κ1) is 49.9. The molecule has 0 aliphatic heterocycles. The van der Waals surface area contributed by atoms with Gasteiger partial charge in [-0.25, -0.2) is 0 Å². The molecular weight excluding hydrogens is 645 g/mol. The third-order valence-corrected chi connectivity index (χ3v) is 9.34. The quantitative estimate of drug-likeness (QED) is 0.0357. The monoisotopic (exact) mass is 729 g/mol. The SMILES string of the molecule is CCCC/C=C\CCCCCCCCOCC(COC(=O)CCCCCCCC/C=C\C/C=C\C/C=C\CCCCC)OC(=O)CCCCCCC. The second kappa shape index (κ2) is 43.3. The molecule has 0 N–H and O–H groups in total. The maximum Gasteiger partial charge on any atom is 0.306 e. The van der Waals surface area contributed by atoms with E-state index in [2.05, 4.69) is 69.4 Å². The third kappa shape index (κ3) is 40.6. The maximum atomic E-state index is 12.5. The van der Waals surface area contributed by atoms with E-state index in [9.17, 15) is 9.59 Å². The van der Waals surface area contributed by atoms with Crippen molar-refractivity contribution in [3.8, 4) is 0 Å². The molecule has 1 unspecified atom stereocenters. The van der Waals surface area contributed by atoms with Gasteiger partial charge in [0, 0.05) is 19.4 Å². The molecule has 0 bridgehead atoms. The minimum Gasteiger partial charge on any atom is -0.462 e. The summed E-state index contributed by atoms with van der Waals surface area (Å²) in [7, 11) is 0. The van der Waals surface area contributed by atoms with Gasteiger partial charge in [0.05, 0.1) is 6.61 Å². The Hall–Kier alpha value is -2.14. The van der Waals surface area contributed by atoms with Gasteiger partial charge in [0.15, 0.2) is 6.10 Å². The summed E-state index contributed by atoms with van der Waals surface area (Å²) in [5, 5.41) is 0. The number of hydrogen-bond acceptors (Lipinski definition) is 5. The lowest BCUT2D eigenvalue weighted by atomic mass is 10.1. The Balaban J connectivity index is 4.07. The highest BCUT2D eigenvalue weighted by Gasteiger charge is 2.17. The van der Waals surface area contributed by atoms with E-state index in [1.165, 1.54) is 109 Å². The van der Waals surface area contributed by atoms with Crippen molar-refractivity contribution in [3.63, 3.8) is 0 Å². The number of rotatable bonds is 40. The predicted octanol–water partition coefficient (Wildman–Crippen LogP) is 14.4. The summed E-state index contributed by atoms with van der Waals surface area (Å²) >= 11 is 0. The first-order valence-electron chi connectivity index (χ1n) is 22.2. The number of carbonyl (C=O) groups excluding carboxylic acids is 2. The minimum atomic E-state index is -0.537. The Morgan fingerprint density at radius 3 is 1.40 bits per heavy atom. The average Bonchev–Trinajstić information content (AvgIpc) is 3.14. The van der Waals surface area contributed by atoms with E-state index in [0.717, 1.165) is 70.6 Å². The normalized spacial score (nSPS) is 12.6. The molecule has 1 atom stereocenters. The standard InChI is InChI=1S/C47H84O5/c1-4-7-10-13-15-17-19-21-22-23-24-25-26-27-28-30-32-35-37-40-46(48)51-44-45(52-47(49)41-38-34-12-9-6-3)43-50-42-39-36-33-31-29-20-18-16-14-11-8-5-2/h14-17,21-22,24-25,45H,4-13,18-20,23,26-44H2,1-3H3/b16-14-,17-15-,22-21-,25-24-. The Kier molecular flexibility index (Phi) is 41.5. The van der Waals surface area contributed by atoms with Crippen LogP contribution < -0.4 is 0 Å². The molecule has 0 saturated heterocycles. The molecule has 5 nitrogen and oxygen atoms in total. The van der Waals surface area contributed by atoms with Crippen LogP contribution in [0.1, 0.15) is 213 Å². The lowest BCUT2D eigenvalue weighted by molar-refractivity contribution is -0.163. The topological polar surface area (TPSA) is 61.8 Å². The van der Waals surface area contributed by atoms with Gasteiger partial charge in [-0.05, 0) is 77.0 Å². The largest absolute Gasteiger partial charge is 0.462 e. The van der Waals surface area contributed by atoms with Crippen LogP contribution in [0.2, 0.25) is 0 Å². The Bertz CT molecular complexity index is 873. The summed E-state index contributed by atoms with van der Waals surface area (Å²) in [5.74, 6) is -0.426. The van der Waals surface area contributed by atoms with E-state index in [1.54, 1.807) is 0 Å². The molecule has 0 aromatic rings. The van der Waals surface area contributed by atoms with Gasteiger partial charge in [-0.2, -0.15) is 0 Å². The molecule has 0 aliphatic rings. The van der Waals surface area contributed by atoms with Crippen LogP contribution >= 0.6 is 0 Å². The molecule has 0 rings (SSSR count). The number of esters is 2. The van der Waals surface area contributed by atoms with Crippen LogP contribution in [0.4, 0.5) is 0 Å². The van der Waals surface area contributed by atoms with Crippen molar-refractivity contribution in [2.24, 2.45) is 0 Å². The van der Waals surface area contributed by atoms with Gasteiger partial charge in [-0.1, -0.05) is 172 Å². The first-order chi connectivity index (χ1) is 25.6. The van der Waals surface area contributed by atoms with Gasteiger partial charge >= 0.3 is 11.9 Å². The molecule has 0 aromatic heterocycles. The number of hydrogen-bond donors (Lipinski definition) is 0. The summed E-state index contributed by atoms with van der Waals surface area (Å²) in [6, 6.07) is 0. The zero-order valence-electron chi connectivity index (χ0n) is 34.6. The lowest BCUT2D eigenvalue weighted by Gasteiger charge is -2.18. The second-order valence-corrected chi connectivity index (χ2v) is 14.6. The fraction of sp³-hybridized carbons (Fsp3) is 0.787. The summed E-state index contributed by atoms with van der Waals surface area (Å²) in [4.78, 5) is 25.0. The van der Waals surface area contributed by atoms with Crippen LogP contribution in [0.15, 0.2) is 48.6 Å². The molecule has 0 aliphatic carbocycles. The van der Waals surface area contributed by atoms with Crippen LogP contribution in [-0.2, 0) is 23.8 Å². The molecule has 0 heterocycles. The lowest BCUT2D eigenvalue weighted by Crippen LogP contribution is -2.30. The van der Waals surface area contributed by atoms with E-state index in [4.69, 9.17) is 14.2 Å². The summed E-state index contributed by atoms with van der Waals surface area (Å²) in [5.41, 5.74) is 0. The van der Waals surface area contributed by atoms with Crippen LogP contribution in [0.5, 0.6) is 0 Å². The summed E-state index contributed by atoms with van der Waals surface area (Å²) < 4.78 is 17.2. The van der Waals surface area contributed by atoms with Crippen LogP contribution in [0, 0.1) is 0 Å². The predicted molar refractivity (Wildman–Crippen MR) is 224 cm³/mol. The molecular formula is C47H84O5. The van der Waals surface area contributed by atoms with Crippen LogP contribution in [0.3, 0.4) is 0 Å². The Labute approximate surface area is 322 Å². The van der Waals surface area contributed by atoms with E-state index in [-0.39, 0.29) is 25.2 Å². The number of ether oxygens (including phenoxy) is 3. The zero-order valence-corrected chi connectivity index (χ0v) is 34.6. The number of carbonyl (C=O) groups is 2. The maximum absolute atomic E-state index is 12.5. The Morgan fingerprint density at radius 2 is 0.827 bits per heavy atom. The molecule has 0 saturated carbocycles. The molecule has 302 valence electrons. The fourth-order valence-corrected chi connectivity index (χ4v) is 5.97. The molecule has 0 spiro atoms. The molecule has 5 heteroatoms. The minimum absolute atomic E-state index is 0.0762. The van der Waals surface area contributed by atoms with Gasteiger partial charge in [0.25, 0.3) is 0 Å². The fourth-order valence-electron chi connectivity index (χ4n) is 5.97.